The van der Waals surface area contributed by atoms with Crippen molar-refractivity contribution in [3.05, 3.63) is 224 Å². The first-order chi connectivity index (χ1) is 33.6. The molecular formula is C63H37N3O2. The molecule has 0 radical (unpaired) electrons. The Bertz CT molecular complexity index is 4320. The molecule has 0 saturated carbocycles. The number of fused-ring (bicyclic) bond motifs is 9. The monoisotopic (exact) mass is 867 g/mol. The van der Waals surface area contributed by atoms with Crippen LogP contribution in [0, 0.1) is 0 Å². The number of hydrogen-bond donors (Lipinski definition) is 0. The van der Waals surface area contributed by atoms with Gasteiger partial charge in [-0.2, -0.15) is 0 Å². The van der Waals surface area contributed by atoms with Gasteiger partial charge in [-0.05, 0) is 115 Å². The van der Waals surface area contributed by atoms with Crippen LogP contribution in [0.5, 0.6) is 0 Å². The molecule has 11 aromatic carbocycles. The van der Waals surface area contributed by atoms with Gasteiger partial charge in [0.2, 0.25) is 0 Å². The lowest BCUT2D eigenvalue weighted by Crippen LogP contribution is -2.01. The molecule has 0 aliphatic heterocycles. The van der Waals surface area contributed by atoms with E-state index in [0.717, 1.165) is 121 Å². The molecule has 68 heavy (non-hydrogen) atoms. The van der Waals surface area contributed by atoms with Gasteiger partial charge in [-0.15, -0.1) is 0 Å². The largest absolute Gasteiger partial charge is 0.456 e. The summed E-state index contributed by atoms with van der Waals surface area (Å²) in [5.41, 5.74) is 12.6. The van der Waals surface area contributed by atoms with Crippen molar-refractivity contribution in [3.8, 4) is 67.5 Å². The number of furan rings is 2. The zero-order valence-corrected chi connectivity index (χ0v) is 36.5. The lowest BCUT2D eigenvalue weighted by atomic mass is 9.94. The third-order valence-corrected chi connectivity index (χ3v) is 13.5. The van der Waals surface area contributed by atoms with E-state index in [0.29, 0.717) is 17.5 Å². The van der Waals surface area contributed by atoms with Crippen LogP contribution in [-0.2, 0) is 0 Å². The van der Waals surface area contributed by atoms with Crippen LogP contribution in [0.25, 0.3) is 144 Å². The average Bonchev–Trinajstić information content (AvgIpc) is 3.97. The second-order valence-corrected chi connectivity index (χ2v) is 17.5. The summed E-state index contributed by atoms with van der Waals surface area (Å²) in [5, 5.41) is 11.0. The van der Waals surface area contributed by atoms with Crippen LogP contribution in [0.15, 0.2) is 233 Å². The van der Waals surface area contributed by atoms with Crippen LogP contribution in [0.3, 0.4) is 0 Å². The highest BCUT2D eigenvalue weighted by Crippen LogP contribution is 2.42. The summed E-state index contributed by atoms with van der Waals surface area (Å²) >= 11 is 0. The Morgan fingerprint density at radius 3 is 1.57 bits per heavy atom. The van der Waals surface area contributed by atoms with E-state index in [1.165, 1.54) is 5.39 Å². The van der Waals surface area contributed by atoms with Gasteiger partial charge in [0.05, 0.1) is 0 Å². The number of para-hydroxylation sites is 2. The maximum absolute atomic E-state index is 6.63. The van der Waals surface area contributed by atoms with E-state index in [1.54, 1.807) is 0 Å². The summed E-state index contributed by atoms with van der Waals surface area (Å²) in [5.74, 6) is 1.76. The molecule has 0 atom stereocenters. The molecule has 0 aliphatic carbocycles. The van der Waals surface area contributed by atoms with E-state index in [9.17, 15) is 0 Å². The minimum atomic E-state index is 0.578. The first-order valence-electron chi connectivity index (χ1n) is 22.9. The molecule has 0 amide bonds. The fourth-order valence-electron chi connectivity index (χ4n) is 10.1. The van der Waals surface area contributed by atoms with Crippen molar-refractivity contribution < 1.29 is 8.83 Å². The van der Waals surface area contributed by atoms with Crippen LogP contribution in [0.1, 0.15) is 0 Å². The number of aromatic nitrogens is 3. The zero-order chi connectivity index (χ0) is 44.7. The topological polar surface area (TPSA) is 65.0 Å². The van der Waals surface area contributed by atoms with Crippen molar-refractivity contribution in [2.75, 3.05) is 0 Å². The highest BCUT2D eigenvalue weighted by atomic mass is 16.3. The lowest BCUT2D eigenvalue weighted by Gasteiger charge is -2.14. The van der Waals surface area contributed by atoms with Crippen molar-refractivity contribution in [2.45, 2.75) is 0 Å². The molecule has 0 fully saturated rings. The third-order valence-electron chi connectivity index (χ3n) is 13.5. The molecule has 0 unspecified atom stereocenters. The van der Waals surface area contributed by atoms with Gasteiger partial charge in [0.25, 0.3) is 0 Å². The van der Waals surface area contributed by atoms with Gasteiger partial charge in [-0.25, -0.2) is 15.0 Å². The highest BCUT2D eigenvalue weighted by Gasteiger charge is 2.20. The fourth-order valence-corrected chi connectivity index (χ4v) is 10.1. The average molecular weight is 868 g/mol. The van der Waals surface area contributed by atoms with E-state index >= 15 is 0 Å². The van der Waals surface area contributed by atoms with Crippen molar-refractivity contribution in [1.82, 2.24) is 15.0 Å². The number of rotatable bonds is 6. The molecular weight excluding hydrogens is 831 g/mol. The normalized spacial score (nSPS) is 11.8. The molecule has 0 N–H and O–H groups in total. The second kappa shape index (κ2) is 15.2. The van der Waals surface area contributed by atoms with Crippen molar-refractivity contribution in [3.63, 3.8) is 0 Å². The summed E-state index contributed by atoms with van der Waals surface area (Å²) in [6.07, 6.45) is 0. The Kier molecular flexibility index (Phi) is 8.52. The van der Waals surface area contributed by atoms with Crippen LogP contribution >= 0.6 is 0 Å². The minimum absolute atomic E-state index is 0.578. The molecule has 14 aromatic rings. The SMILES string of the molecule is c1ccc(-c2ccc(-c3nc(-c4cc(-c5cccc6c5oc5ccccc56)c5ccccc5c4)nc(-c4cc(-c5ccc6oc7cc8ccccc8cc7c6c5)cc5ccccc45)n3)cc2)cc1. The van der Waals surface area contributed by atoms with Crippen molar-refractivity contribution >= 4 is 76.2 Å². The quantitative estimate of drug-likeness (QED) is 0.167. The number of hydrogen-bond acceptors (Lipinski definition) is 5. The zero-order valence-electron chi connectivity index (χ0n) is 36.5. The van der Waals surface area contributed by atoms with E-state index in [1.807, 2.05) is 18.2 Å². The Balaban J connectivity index is 0.983. The molecule has 0 aliphatic rings. The molecule has 14 rings (SSSR count). The highest BCUT2D eigenvalue weighted by molar-refractivity contribution is 6.14. The maximum atomic E-state index is 6.63. The molecule has 5 nitrogen and oxygen atoms in total. The fraction of sp³-hybridized carbons (Fsp3) is 0. The van der Waals surface area contributed by atoms with Gasteiger partial charge < -0.3 is 8.83 Å². The Morgan fingerprint density at radius 2 is 0.779 bits per heavy atom. The van der Waals surface area contributed by atoms with E-state index < -0.39 is 0 Å². The molecule has 0 spiro atoms. The second-order valence-electron chi connectivity index (χ2n) is 17.5. The van der Waals surface area contributed by atoms with Gasteiger partial charge in [0, 0.05) is 43.8 Å². The molecule has 0 bridgehead atoms. The van der Waals surface area contributed by atoms with E-state index in [2.05, 4.69) is 206 Å². The van der Waals surface area contributed by atoms with Crippen LogP contribution in [0.2, 0.25) is 0 Å². The number of benzene rings is 11. The van der Waals surface area contributed by atoms with Crippen LogP contribution in [0.4, 0.5) is 0 Å². The van der Waals surface area contributed by atoms with Gasteiger partial charge in [0.15, 0.2) is 17.5 Å². The first kappa shape index (κ1) is 38.1. The van der Waals surface area contributed by atoms with Crippen LogP contribution in [-0.4, -0.2) is 15.0 Å². The Morgan fingerprint density at radius 1 is 0.235 bits per heavy atom. The Hall–Kier alpha value is -9.19. The summed E-state index contributed by atoms with van der Waals surface area (Å²) in [7, 11) is 0. The predicted molar refractivity (Wildman–Crippen MR) is 280 cm³/mol. The molecule has 3 heterocycles. The van der Waals surface area contributed by atoms with E-state index in [-0.39, 0.29) is 0 Å². The molecule has 3 aromatic heterocycles. The Labute approximate surface area is 390 Å². The molecule has 0 saturated heterocycles. The maximum Gasteiger partial charge on any atom is 0.164 e. The molecule has 5 heteroatoms. The third kappa shape index (κ3) is 6.28. The van der Waals surface area contributed by atoms with Crippen LogP contribution < -0.4 is 0 Å². The smallest absolute Gasteiger partial charge is 0.164 e. The standard InChI is InChI=1S/C63H37N3O2/c1-2-13-38(14-3-1)39-25-27-40(28-26-39)61-64-62(47-32-45-18-6-8-19-48(45)53(36-47)52-23-12-22-51-50-21-10-11-24-57(50)68-60(51)52)66-63(65-61)56-35-46(31-44-17-7-9-20-49(44)56)43-29-30-58-54(34-43)55-33-41-15-4-5-16-42(41)37-59(55)67-58/h1-37H. The molecule has 316 valence electrons. The first-order valence-corrected chi connectivity index (χ1v) is 22.9. The summed E-state index contributed by atoms with van der Waals surface area (Å²) in [6, 6.07) is 78.8. The minimum Gasteiger partial charge on any atom is -0.456 e. The van der Waals surface area contributed by atoms with Gasteiger partial charge in [-0.3, -0.25) is 0 Å². The lowest BCUT2D eigenvalue weighted by molar-refractivity contribution is 0.669. The summed E-state index contributed by atoms with van der Waals surface area (Å²) < 4.78 is 13.1. The van der Waals surface area contributed by atoms with E-state index in [4.69, 9.17) is 23.8 Å². The number of nitrogens with zero attached hydrogens (tertiary/aromatic N) is 3. The van der Waals surface area contributed by atoms with Crippen molar-refractivity contribution in [2.24, 2.45) is 0 Å². The predicted octanol–water partition coefficient (Wildman–Crippen LogP) is 17.1. The summed E-state index contributed by atoms with van der Waals surface area (Å²) in [4.78, 5) is 16.1. The van der Waals surface area contributed by atoms with Gasteiger partial charge in [-0.1, -0.05) is 170 Å². The van der Waals surface area contributed by atoms with Gasteiger partial charge >= 0.3 is 0 Å². The summed E-state index contributed by atoms with van der Waals surface area (Å²) in [6.45, 7) is 0. The van der Waals surface area contributed by atoms with Crippen molar-refractivity contribution in [1.29, 1.82) is 0 Å². The van der Waals surface area contributed by atoms with Gasteiger partial charge in [0.1, 0.15) is 22.3 Å².